The standard InChI is InChI=1S/C26H24Cl2O3/c1-17(2)19-9-11-20(12-10-19)23(29)13-7-18-8-14-24(30-3)21(15-18)16-31-25-6-4-5-22(27)26(25)28/h4-15,17H,16H2,1-3H3/b13-7+. The first kappa shape index (κ1) is 22.9. The van der Waals surface area contributed by atoms with E-state index in [1.807, 2.05) is 42.5 Å². The lowest BCUT2D eigenvalue weighted by atomic mass is 10.00. The van der Waals surface area contributed by atoms with Gasteiger partial charge in [-0.05, 0) is 47.4 Å². The lowest BCUT2D eigenvalue weighted by Gasteiger charge is -2.12. The topological polar surface area (TPSA) is 35.5 Å². The maximum Gasteiger partial charge on any atom is 0.185 e. The highest BCUT2D eigenvalue weighted by Gasteiger charge is 2.09. The summed E-state index contributed by atoms with van der Waals surface area (Å²) in [5.41, 5.74) is 3.56. The van der Waals surface area contributed by atoms with Crippen molar-refractivity contribution >= 4 is 35.1 Å². The Morgan fingerprint density at radius 2 is 1.74 bits per heavy atom. The summed E-state index contributed by atoms with van der Waals surface area (Å²) in [5, 5.41) is 0.802. The molecule has 0 atom stereocenters. The van der Waals surface area contributed by atoms with Crippen molar-refractivity contribution < 1.29 is 14.3 Å². The van der Waals surface area contributed by atoms with Gasteiger partial charge in [-0.15, -0.1) is 0 Å². The molecule has 3 nitrogen and oxygen atoms in total. The van der Waals surface area contributed by atoms with Gasteiger partial charge in [0.15, 0.2) is 5.78 Å². The molecule has 5 heteroatoms. The Hall–Kier alpha value is -2.75. The molecule has 0 radical (unpaired) electrons. The van der Waals surface area contributed by atoms with E-state index >= 15 is 0 Å². The summed E-state index contributed by atoms with van der Waals surface area (Å²) in [6.07, 6.45) is 3.36. The van der Waals surface area contributed by atoms with Gasteiger partial charge >= 0.3 is 0 Å². The molecule has 0 saturated heterocycles. The molecule has 0 fully saturated rings. The van der Waals surface area contributed by atoms with Gasteiger partial charge in [-0.3, -0.25) is 4.79 Å². The Balaban J connectivity index is 1.74. The molecule has 31 heavy (non-hydrogen) atoms. The highest BCUT2D eigenvalue weighted by Crippen LogP contribution is 2.32. The third kappa shape index (κ3) is 5.90. The van der Waals surface area contributed by atoms with E-state index in [0.29, 0.717) is 33.0 Å². The highest BCUT2D eigenvalue weighted by atomic mass is 35.5. The molecule has 0 saturated carbocycles. The maximum absolute atomic E-state index is 12.5. The smallest absolute Gasteiger partial charge is 0.185 e. The Morgan fingerprint density at radius 3 is 2.42 bits per heavy atom. The molecule has 3 aromatic rings. The minimum Gasteiger partial charge on any atom is -0.496 e. The van der Waals surface area contributed by atoms with Crippen LogP contribution in [0.4, 0.5) is 0 Å². The van der Waals surface area contributed by atoms with E-state index in [1.54, 1.807) is 37.5 Å². The van der Waals surface area contributed by atoms with Crippen LogP contribution in [0.1, 0.15) is 46.8 Å². The van der Waals surface area contributed by atoms with Gasteiger partial charge in [-0.2, -0.15) is 0 Å². The van der Waals surface area contributed by atoms with Crippen LogP contribution in [0.3, 0.4) is 0 Å². The van der Waals surface area contributed by atoms with Crippen LogP contribution in [-0.2, 0) is 6.61 Å². The molecule has 0 aromatic heterocycles. The molecule has 3 aromatic carbocycles. The molecule has 0 heterocycles. The number of benzene rings is 3. The van der Waals surface area contributed by atoms with Crippen molar-refractivity contribution in [2.75, 3.05) is 7.11 Å². The minimum atomic E-state index is -0.0466. The number of rotatable bonds is 8. The number of halogens is 2. The molecule has 0 aliphatic rings. The molecule has 0 spiro atoms. The number of carbonyl (C=O) groups excluding carboxylic acids is 1. The van der Waals surface area contributed by atoms with E-state index in [1.165, 1.54) is 5.56 Å². The molecule has 0 unspecified atom stereocenters. The second-order valence-corrected chi connectivity index (χ2v) is 8.17. The Kier molecular flexibility index (Phi) is 7.78. The van der Waals surface area contributed by atoms with Crippen LogP contribution in [0.5, 0.6) is 11.5 Å². The predicted octanol–water partition coefficient (Wildman–Crippen LogP) is 7.60. The van der Waals surface area contributed by atoms with Crippen LogP contribution in [-0.4, -0.2) is 12.9 Å². The van der Waals surface area contributed by atoms with E-state index in [0.717, 1.165) is 11.1 Å². The second-order valence-electron chi connectivity index (χ2n) is 7.39. The van der Waals surface area contributed by atoms with E-state index in [4.69, 9.17) is 32.7 Å². The van der Waals surface area contributed by atoms with E-state index < -0.39 is 0 Å². The van der Waals surface area contributed by atoms with Crippen LogP contribution in [0, 0.1) is 0 Å². The first-order valence-corrected chi connectivity index (χ1v) is 10.7. The lowest BCUT2D eigenvalue weighted by Crippen LogP contribution is -2.00. The molecule has 3 rings (SSSR count). The number of hydrogen-bond donors (Lipinski definition) is 0. The maximum atomic E-state index is 12.5. The van der Waals surface area contributed by atoms with Crippen molar-refractivity contribution in [3.05, 3.63) is 99.0 Å². The summed E-state index contributed by atoms with van der Waals surface area (Å²) < 4.78 is 11.3. The zero-order valence-corrected chi connectivity index (χ0v) is 19.2. The number of hydrogen-bond acceptors (Lipinski definition) is 3. The van der Waals surface area contributed by atoms with E-state index in [2.05, 4.69) is 13.8 Å². The number of methoxy groups -OCH3 is 1. The Bertz CT molecular complexity index is 1090. The predicted molar refractivity (Wildman–Crippen MR) is 128 cm³/mol. The third-order valence-electron chi connectivity index (χ3n) is 4.89. The third-order valence-corrected chi connectivity index (χ3v) is 5.69. The normalized spacial score (nSPS) is 11.2. The number of allylic oxidation sites excluding steroid dienone is 1. The van der Waals surface area contributed by atoms with Crippen LogP contribution in [0.15, 0.2) is 66.7 Å². The van der Waals surface area contributed by atoms with Crippen molar-refractivity contribution in [3.63, 3.8) is 0 Å². The summed E-state index contributed by atoms with van der Waals surface area (Å²) in [6, 6.07) is 18.6. The number of ketones is 1. The summed E-state index contributed by atoms with van der Waals surface area (Å²) in [7, 11) is 1.60. The molecule has 0 bridgehead atoms. The quantitative estimate of drug-likeness (QED) is 0.259. The van der Waals surface area contributed by atoms with Gasteiger partial charge in [-0.25, -0.2) is 0 Å². The van der Waals surface area contributed by atoms with Crippen LogP contribution >= 0.6 is 23.2 Å². The largest absolute Gasteiger partial charge is 0.496 e. The van der Waals surface area contributed by atoms with Gasteiger partial charge in [0.2, 0.25) is 0 Å². The van der Waals surface area contributed by atoms with Crippen molar-refractivity contribution in [1.82, 2.24) is 0 Å². The monoisotopic (exact) mass is 454 g/mol. The summed E-state index contributed by atoms with van der Waals surface area (Å²) in [5.74, 6) is 1.57. The number of carbonyl (C=O) groups is 1. The lowest BCUT2D eigenvalue weighted by molar-refractivity contribution is 0.104. The first-order valence-electron chi connectivity index (χ1n) is 9.95. The van der Waals surface area contributed by atoms with E-state index in [9.17, 15) is 4.79 Å². The molecule has 0 amide bonds. The van der Waals surface area contributed by atoms with E-state index in [-0.39, 0.29) is 12.4 Å². The van der Waals surface area contributed by atoms with Gasteiger partial charge in [0.05, 0.1) is 12.1 Å². The first-order chi connectivity index (χ1) is 14.9. The van der Waals surface area contributed by atoms with Crippen molar-refractivity contribution in [2.45, 2.75) is 26.4 Å². The molecular weight excluding hydrogens is 431 g/mol. The summed E-state index contributed by atoms with van der Waals surface area (Å²) in [6.45, 7) is 4.50. The van der Waals surface area contributed by atoms with Crippen LogP contribution in [0.2, 0.25) is 10.0 Å². The molecule has 0 aliphatic carbocycles. The molecular formula is C26H24Cl2O3. The van der Waals surface area contributed by atoms with Crippen LogP contribution < -0.4 is 9.47 Å². The Labute approximate surface area is 193 Å². The molecule has 0 N–H and O–H groups in total. The van der Waals surface area contributed by atoms with Crippen molar-refractivity contribution in [2.24, 2.45) is 0 Å². The zero-order chi connectivity index (χ0) is 22.4. The van der Waals surface area contributed by atoms with Gasteiger partial charge in [0.25, 0.3) is 0 Å². The fraction of sp³-hybridized carbons (Fsp3) is 0.192. The fourth-order valence-electron chi connectivity index (χ4n) is 3.07. The summed E-state index contributed by atoms with van der Waals surface area (Å²) in [4.78, 5) is 12.5. The van der Waals surface area contributed by atoms with Gasteiger partial charge < -0.3 is 9.47 Å². The SMILES string of the molecule is COc1ccc(/C=C/C(=O)c2ccc(C(C)C)cc2)cc1COc1cccc(Cl)c1Cl. The van der Waals surface area contributed by atoms with Gasteiger partial charge in [0, 0.05) is 11.1 Å². The van der Waals surface area contributed by atoms with Crippen molar-refractivity contribution in [3.8, 4) is 11.5 Å². The highest BCUT2D eigenvalue weighted by molar-refractivity contribution is 6.42. The average molecular weight is 455 g/mol. The number of ether oxygens (including phenoxy) is 2. The van der Waals surface area contributed by atoms with Crippen molar-refractivity contribution in [1.29, 1.82) is 0 Å². The molecule has 0 aliphatic heterocycles. The minimum absolute atomic E-state index is 0.0466. The summed E-state index contributed by atoms with van der Waals surface area (Å²) >= 11 is 12.2. The fourth-order valence-corrected chi connectivity index (χ4v) is 3.41. The second kappa shape index (κ2) is 10.5. The average Bonchev–Trinajstić information content (AvgIpc) is 2.78. The van der Waals surface area contributed by atoms with Crippen LogP contribution in [0.25, 0.3) is 6.08 Å². The zero-order valence-electron chi connectivity index (χ0n) is 17.7. The van der Waals surface area contributed by atoms with Gasteiger partial charge in [-0.1, -0.05) is 79.5 Å². The van der Waals surface area contributed by atoms with Gasteiger partial charge in [0.1, 0.15) is 23.1 Å². The Morgan fingerprint density at radius 1 is 1.00 bits per heavy atom. The molecule has 160 valence electrons.